The molecular formula is C23H31N3O5S. The summed E-state index contributed by atoms with van der Waals surface area (Å²) in [5, 5.41) is 17.1. The molecule has 0 heterocycles. The van der Waals surface area contributed by atoms with Gasteiger partial charge in [0.1, 0.15) is 6.54 Å². The van der Waals surface area contributed by atoms with E-state index in [1.54, 1.807) is 55.3 Å². The van der Waals surface area contributed by atoms with E-state index in [-0.39, 0.29) is 29.8 Å². The molecule has 0 saturated heterocycles. The number of aliphatic hydroxyl groups is 1. The third-order valence-corrected chi connectivity index (χ3v) is 6.58. The molecule has 0 aliphatic heterocycles. The van der Waals surface area contributed by atoms with Crippen LogP contribution in [-0.4, -0.2) is 52.1 Å². The zero-order valence-electron chi connectivity index (χ0n) is 18.6. The Morgan fingerprint density at radius 3 is 2.06 bits per heavy atom. The minimum atomic E-state index is -3.33. The van der Waals surface area contributed by atoms with Gasteiger partial charge in [-0.15, -0.1) is 0 Å². The number of likely N-dealkylation sites (N-methyl/N-ethyl adjacent to an activating group) is 1. The lowest BCUT2D eigenvalue weighted by atomic mass is 10.2. The molecule has 0 unspecified atom stereocenters. The Kier molecular flexibility index (Phi) is 10.3. The first kappa shape index (κ1) is 25.5. The van der Waals surface area contributed by atoms with Crippen LogP contribution >= 0.6 is 0 Å². The van der Waals surface area contributed by atoms with Crippen molar-refractivity contribution in [3.63, 3.8) is 0 Å². The van der Waals surface area contributed by atoms with Crippen molar-refractivity contribution in [1.29, 1.82) is 0 Å². The molecule has 0 aromatic heterocycles. The molecule has 1 N–H and O–H groups in total. The van der Waals surface area contributed by atoms with Crippen molar-refractivity contribution in [3.8, 4) is 0 Å². The molecule has 9 heteroatoms. The first-order valence-electron chi connectivity index (χ1n) is 10.7. The molecule has 8 nitrogen and oxygen atoms in total. The fourth-order valence-corrected chi connectivity index (χ4v) is 4.35. The van der Waals surface area contributed by atoms with Crippen molar-refractivity contribution in [3.05, 3.63) is 48.5 Å². The summed E-state index contributed by atoms with van der Waals surface area (Å²) in [5.41, 5.74) is 2.04. The molecule has 2 rings (SSSR count). The quantitative estimate of drug-likeness (QED) is 0.269. The normalized spacial score (nSPS) is 11.6. The smallest absolute Gasteiger partial charge is 0.325 e. The number of carbonyl (C=O) groups is 1. The number of azo groups is 1. The van der Waals surface area contributed by atoms with Crippen molar-refractivity contribution >= 4 is 32.9 Å². The van der Waals surface area contributed by atoms with E-state index in [9.17, 15) is 13.2 Å². The lowest BCUT2D eigenvalue weighted by Gasteiger charge is -2.17. The number of nitrogens with zero attached hydrogens (tertiary/aromatic N) is 3. The summed E-state index contributed by atoms with van der Waals surface area (Å²) in [4.78, 5) is 13.6. The molecule has 0 fully saturated rings. The van der Waals surface area contributed by atoms with E-state index in [0.717, 1.165) is 18.5 Å². The van der Waals surface area contributed by atoms with Gasteiger partial charge in [-0.25, -0.2) is 8.42 Å². The zero-order chi connectivity index (χ0) is 23.4. The Hall–Kier alpha value is -2.78. The summed E-state index contributed by atoms with van der Waals surface area (Å²) in [6, 6.07) is 13.6. The van der Waals surface area contributed by atoms with Gasteiger partial charge in [0.05, 0.1) is 28.6 Å². The van der Waals surface area contributed by atoms with Gasteiger partial charge in [-0.05, 0) is 68.3 Å². The molecule has 174 valence electrons. The third kappa shape index (κ3) is 8.39. The summed E-state index contributed by atoms with van der Waals surface area (Å²) < 4.78 is 29.8. The second kappa shape index (κ2) is 12.9. The van der Waals surface area contributed by atoms with Crippen LogP contribution < -0.4 is 4.90 Å². The lowest BCUT2D eigenvalue weighted by Crippen LogP contribution is -2.26. The topological polar surface area (TPSA) is 109 Å². The monoisotopic (exact) mass is 461 g/mol. The van der Waals surface area contributed by atoms with Crippen LogP contribution in [0.5, 0.6) is 0 Å². The van der Waals surface area contributed by atoms with Crippen LogP contribution in [0.25, 0.3) is 0 Å². The fraction of sp³-hybridized carbons (Fsp3) is 0.435. The molecule has 0 bridgehead atoms. The minimum Gasteiger partial charge on any atom is -0.465 e. The molecule has 0 spiro atoms. The number of hydrogen-bond donors (Lipinski definition) is 1. The fourth-order valence-electron chi connectivity index (χ4n) is 2.98. The standard InChI is InChI=1S/C23H31N3O5S/c1-3-31-23(28)18-26(2)21-12-8-19(9-13-21)24-25-20-10-14-22(15-11-20)32(29,30)17-7-5-4-6-16-27/h8-15,27H,3-7,16-18H2,1-2H3/b25-24+. The zero-order valence-corrected chi connectivity index (χ0v) is 19.4. The van der Waals surface area contributed by atoms with E-state index in [2.05, 4.69) is 10.2 Å². The maximum atomic E-state index is 12.4. The van der Waals surface area contributed by atoms with E-state index < -0.39 is 9.84 Å². The number of ether oxygens (including phenoxy) is 1. The summed E-state index contributed by atoms with van der Waals surface area (Å²) in [7, 11) is -1.53. The molecule has 32 heavy (non-hydrogen) atoms. The second-order valence-electron chi connectivity index (χ2n) is 7.33. The summed E-state index contributed by atoms with van der Waals surface area (Å²) in [6.45, 7) is 2.42. The van der Waals surface area contributed by atoms with Gasteiger partial charge in [0, 0.05) is 19.3 Å². The Labute approximate surface area is 189 Å². The van der Waals surface area contributed by atoms with E-state index in [0.29, 0.717) is 30.8 Å². The van der Waals surface area contributed by atoms with E-state index in [1.807, 2.05) is 12.1 Å². The van der Waals surface area contributed by atoms with Gasteiger partial charge in [-0.1, -0.05) is 12.8 Å². The number of anilines is 1. The maximum absolute atomic E-state index is 12.4. The number of unbranched alkanes of at least 4 members (excludes halogenated alkanes) is 3. The minimum absolute atomic E-state index is 0.0935. The van der Waals surface area contributed by atoms with Crippen molar-refractivity contribution in [2.45, 2.75) is 37.5 Å². The van der Waals surface area contributed by atoms with Crippen molar-refractivity contribution < 1.29 is 23.1 Å². The second-order valence-corrected chi connectivity index (χ2v) is 9.44. The highest BCUT2D eigenvalue weighted by molar-refractivity contribution is 7.91. The van der Waals surface area contributed by atoms with E-state index in [4.69, 9.17) is 9.84 Å². The predicted molar refractivity (Wildman–Crippen MR) is 125 cm³/mol. The largest absolute Gasteiger partial charge is 0.465 e. The van der Waals surface area contributed by atoms with Crippen LogP contribution in [-0.2, 0) is 19.4 Å². The molecule has 0 aliphatic carbocycles. The Morgan fingerprint density at radius 1 is 0.938 bits per heavy atom. The van der Waals surface area contributed by atoms with Gasteiger partial charge < -0.3 is 14.7 Å². The number of sulfone groups is 1. The van der Waals surface area contributed by atoms with Crippen LogP contribution in [0.4, 0.5) is 17.1 Å². The SMILES string of the molecule is CCOC(=O)CN(C)c1ccc(/N=N/c2ccc(S(=O)(=O)CCCCCCO)cc2)cc1. The lowest BCUT2D eigenvalue weighted by molar-refractivity contribution is -0.141. The first-order chi connectivity index (χ1) is 15.4. The average Bonchev–Trinajstić information content (AvgIpc) is 2.78. The number of benzene rings is 2. The van der Waals surface area contributed by atoms with Crippen LogP contribution in [0, 0.1) is 0 Å². The first-order valence-corrected chi connectivity index (χ1v) is 12.3. The van der Waals surface area contributed by atoms with Gasteiger partial charge in [-0.3, -0.25) is 4.79 Å². The van der Waals surface area contributed by atoms with Gasteiger partial charge >= 0.3 is 5.97 Å². The summed E-state index contributed by atoms with van der Waals surface area (Å²) in [5.74, 6) is -0.193. The number of aliphatic hydroxyl groups excluding tert-OH is 1. The van der Waals surface area contributed by atoms with Crippen molar-refractivity contribution in [1.82, 2.24) is 0 Å². The number of hydrogen-bond acceptors (Lipinski definition) is 8. The van der Waals surface area contributed by atoms with Crippen molar-refractivity contribution in [2.24, 2.45) is 10.2 Å². The Balaban J connectivity index is 1.92. The highest BCUT2D eigenvalue weighted by Gasteiger charge is 2.13. The number of carbonyl (C=O) groups excluding carboxylic acids is 1. The summed E-state index contributed by atoms with van der Waals surface area (Å²) in [6.07, 6.45) is 2.89. The Bertz CT molecular complexity index is 974. The molecule has 0 saturated carbocycles. The summed E-state index contributed by atoms with van der Waals surface area (Å²) >= 11 is 0. The molecule has 2 aromatic rings. The number of rotatable bonds is 13. The highest BCUT2D eigenvalue weighted by atomic mass is 32.2. The molecule has 0 atom stereocenters. The molecule has 2 aromatic carbocycles. The average molecular weight is 462 g/mol. The molecule has 0 amide bonds. The van der Waals surface area contributed by atoms with Crippen LogP contribution in [0.1, 0.15) is 32.6 Å². The third-order valence-electron chi connectivity index (χ3n) is 4.76. The van der Waals surface area contributed by atoms with Gasteiger partial charge in [0.25, 0.3) is 0 Å². The maximum Gasteiger partial charge on any atom is 0.325 e. The number of esters is 1. The van der Waals surface area contributed by atoms with Gasteiger partial charge in [0.2, 0.25) is 0 Å². The van der Waals surface area contributed by atoms with E-state index in [1.165, 1.54) is 0 Å². The molecular weight excluding hydrogens is 430 g/mol. The van der Waals surface area contributed by atoms with E-state index >= 15 is 0 Å². The van der Waals surface area contributed by atoms with Crippen molar-refractivity contribution in [2.75, 3.05) is 37.5 Å². The highest BCUT2D eigenvalue weighted by Crippen LogP contribution is 2.23. The molecule has 0 radical (unpaired) electrons. The van der Waals surface area contributed by atoms with Crippen LogP contribution in [0.3, 0.4) is 0 Å². The Morgan fingerprint density at radius 2 is 1.50 bits per heavy atom. The van der Waals surface area contributed by atoms with Gasteiger partial charge in [-0.2, -0.15) is 10.2 Å². The molecule has 0 aliphatic rings. The predicted octanol–water partition coefficient (Wildman–Crippen LogP) is 4.43. The van der Waals surface area contributed by atoms with Crippen LogP contribution in [0.2, 0.25) is 0 Å². The van der Waals surface area contributed by atoms with Crippen LogP contribution in [0.15, 0.2) is 63.7 Å². The van der Waals surface area contributed by atoms with Gasteiger partial charge in [0.15, 0.2) is 9.84 Å².